The number of fused-ring (bicyclic) bond motifs is 3. The van der Waals surface area contributed by atoms with Crippen molar-refractivity contribution in [3.8, 4) is 5.75 Å². The van der Waals surface area contributed by atoms with E-state index < -0.39 is 0 Å². The summed E-state index contributed by atoms with van der Waals surface area (Å²) in [7, 11) is 3.44. The number of ketones is 1. The minimum atomic E-state index is -0.0257. The molecule has 0 N–H and O–H groups in total. The number of ether oxygens (including phenoxy) is 1. The number of hydrogen-bond acceptors (Lipinski definition) is 4. The molecule has 1 unspecified atom stereocenters. The summed E-state index contributed by atoms with van der Waals surface area (Å²) in [6.45, 7) is 4.84. The zero-order chi connectivity index (χ0) is 22.7. The zero-order valence-corrected chi connectivity index (χ0v) is 19.5. The molecule has 1 heterocycles. The summed E-state index contributed by atoms with van der Waals surface area (Å²) in [5.74, 6) is 1.02. The van der Waals surface area contributed by atoms with Crippen molar-refractivity contribution in [2.24, 2.45) is 5.92 Å². The van der Waals surface area contributed by atoms with Gasteiger partial charge < -0.3 is 9.64 Å². The summed E-state index contributed by atoms with van der Waals surface area (Å²) in [5, 5.41) is 0. The molecule has 170 valence electrons. The van der Waals surface area contributed by atoms with Crippen LogP contribution in [0.15, 0.2) is 36.4 Å². The molecule has 0 spiro atoms. The number of hydrogen-bond donors (Lipinski definition) is 0. The first-order valence-electron chi connectivity index (χ1n) is 11.8. The van der Waals surface area contributed by atoms with E-state index >= 15 is 0 Å². The van der Waals surface area contributed by atoms with Gasteiger partial charge in [-0.1, -0.05) is 43.7 Å². The van der Waals surface area contributed by atoms with Gasteiger partial charge >= 0.3 is 0 Å². The van der Waals surface area contributed by atoms with Crippen molar-refractivity contribution in [1.29, 1.82) is 0 Å². The van der Waals surface area contributed by atoms with E-state index in [2.05, 4.69) is 36.1 Å². The number of anilines is 1. The first kappa shape index (κ1) is 22.5. The van der Waals surface area contributed by atoms with Crippen LogP contribution in [0.4, 0.5) is 5.69 Å². The fourth-order valence-corrected chi connectivity index (χ4v) is 5.14. The van der Waals surface area contributed by atoms with Gasteiger partial charge in [-0.3, -0.25) is 14.5 Å². The molecule has 0 bridgehead atoms. The molecule has 0 saturated heterocycles. The molecule has 1 amide bonds. The Morgan fingerprint density at radius 1 is 1.09 bits per heavy atom. The summed E-state index contributed by atoms with van der Waals surface area (Å²) in [6, 6.07) is 12.5. The lowest BCUT2D eigenvalue weighted by Gasteiger charge is -2.34. The number of benzene rings is 2. The average Bonchev–Trinajstić information content (AvgIpc) is 2.81. The molecule has 1 aliphatic heterocycles. The highest BCUT2D eigenvalue weighted by Crippen LogP contribution is 2.42. The molecule has 0 aromatic heterocycles. The van der Waals surface area contributed by atoms with Crippen LogP contribution in [-0.4, -0.2) is 43.8 Å². The standard InChI is InChI=1S/C27H34N2O3/c1-4-5-15-29(17-19-9-7-6-8-10-19)18-20-11-12-22-24(32-3)16-23-21(26(22)27(20)31)13-14-25(30)28(23)2/h6-10,16,20H,4-5,11-15,17-18H2,1-3H3. The second kappa shape index (κ2) is 9.86. The fourth-order valence-electron chi connectivity index (χ4n) is 5.14. The summed E-state index contributed by atoms with van der Waals surface area (Å²) in [5.41, 5.74) is 4.99. The highest BCUT2D eigenvalue weighted by molar-refractivity contribution is 6.06. The minimum absolute atomic E-state index is 0.0257. The van der Waals surface area contributed by atoms with E-state index in [4.69, 9.17) is 4.74 Å². The van der Waals surface area contributed by atoms with Crippen molar-refractivity contribution >= 4 is 17.4 Å². The zero-order valence-electron chi connectivity index (χ0n) is 19.5. The summed E-state index contributed by atoms with van der Waals surface area (Å²) >= 11 is 0. The van der Waals surface area contributed by atoms with Gasteiger partial charge in [0.05, 0.1) is 12.8 Å². The largest absolute Gasteiger partial charge is 0.496 e. The Morgan fingerprint density at radius 2 is 1.88 bits per heavy atom. The van der Waals surface area contributed by atoms with Gasteiger partial charge in [-0.05, 0) is 43.4 Å². The Hall–Kier alpha value is -2.66. The maximum atomic E-state index is 13.8. The maximum Gasteiger partial charge on any atom is 0.227 e. The van der Waals surface area contributed by atoms with E-state index in [9.17, 15) is 9.59 Å². The Balaban J connectivity index is 1.62. The Kier molecular flexibility index (Phi) is 6.95. The second-order valence-electron chi connectivity index (χ2n) is 9.06. The first-order chi connectivity index (χ1) is 15.5. The number of carbonyl (C=O) groups is 2. The molecule has 5 heteroatoms. The average molecular weight is 435 g/mol. The number of Topliss-reactive ketones (excluding diaryl/α,β-unsaturated/α-hetero) is 1. The summed E-state index contributed by atoms with van der Waals surface area (Å²) < 4.78 is 5.66. The van der Waals surface area contributed by atoms with Crippen molar-refractivity contribution in [3.63, 3.8) is 0 Å². The van der Waals surface area contributed by atoms with Gasteiger partial charge in [-0.2, -0.15) is 0 Å². The van der Waals surface area contributed by atoms with Crippen LogP contribution in [0.1, 0.15) is 59.7 Å². The van der Waals surface area contributed by atoms with E-state index in [1.165, 1.54) is 5.56 Å². The van der Waals surface area contributed by atoms with Crippen molar-refractivity contribution in [3.05, 3.63) is 58.7 Å². The minimum Gasteiger partial charge on any atom is -0.496 e. The van der Waals surface area contributed by atoms with E-state index in [1.54, 1.807) is 19.1 Å². The number of amides is 1. The van der Waals surface area contributed by atoms with Crippen LogP contribution in [0, 0.1) is 5.92 Å². The van der Waals surface area contributed by atoms with Gasteiger partial charge in [0, 0.05) is 49.7 Å². The van der Waals surface area contributed by atoms with E-state index in [-0.39, 0.29) is 17.6 Å². The quantitative estimate of drug-likeness (QED) is 0.607. The molecule has 4 rings (SSSR count). The van der Waals surface area contributed by atoms with Crippen LogP contribution in [0.5, 0.6) is 5.75 Å². The van der Waals surface area contributed by atoms with Crippen LogP contribution >= 0.6 is 0 Å². The first-order valence-corrected chi connectivity index (χ1v) is 11.8. The van der Waals surface area contributed by atoms with E-state index in [0.717, 1.165) is 73.4 Å². The van der Waals surface area contributed by atoms with Gasteiger partial charge in [-0.15, -0.1) is 0 Å². The second-order valence-corrected chi connectivity index (χ2v) is 9.06. The van der Waals surface area contributed by atoms with E-state index in [0.29, 0.717) is 12.8 Å². The molecule has 32 heavy (non-hydrogen) atoms. The van der Waals surface area contributed by atoms with Gasteiger partial charge in [0.2, 0.25) is 5.91 Å². The molecular weight excluding hydrogens is 400 g/mol. The molecule has 2 aromatic carbocycles. The van der Waals surface area contributed by atoms with Crippen molar-refractivity contribution in [2.75, 3.05) is 32.1 Å². The van der Waals surface area contributed by atoms with Gasteiger partial charge in [0.15, 0.2) is 5.78 Å². The molecule has 0 radical (unpaired) electrons. The SMILES string of the molecule is CCCCN(Cc1ccccc1)CC1CCc2c(OC)cc3c(c2C1=O)CCC(=O)N3C. The van der Waals surface area contributed by atoms with Gasteiger partial charge in [0.1, 0.15) is 5.75 Å². The lowest BCUT2D eigenvalue weighted by molar-refractivity contribution is -0.118. The van der Waals surface area contributed by atoms with Gasteiger partial charge in [0.25, 0.3) is 0 Å². The highest BCUT2D eigenvalue weighted by Gasteiger charge is 2.36. The molecule has 0 saturated carbocycles. The number of rotatable bonds is 8. The smallest absolute Gasteiger partial charge is 0.227 e. The molecule has 2 aliphatic rings. The number of carbonyl (C=O) groups excluding carboxylic acids is 2. The van der Waals surface area contributed by atoms with Crippen LogP contribution in [0.25, 0.3) is 0 Å². The predicted octanol–water partition coefficient (Wildman–Crippen LogP) is 4.65. The third-order valence-electron chi connectivity index (χ3n) is 6.94. The van der Waals surface area contributed by atoms with Crippen LogP contribution in [-0.2, 0) is 24.2 Å². The van der Waals surface area contributed by atoms with Crippen LogP contribution < -0.4 is 9.64 Å². The lowest BCUT2D eigenvalue weighted by Crippen LogP contribution is -2.38. The molecule has 0 fully saturated rings. The normalized spacial score (nSPS) is 18.0. The molecule has 1 atom stereocenters. The third kappa shape index (κ3) is 4.44. The number of methoxy groups -OCH3 is 1. The highest BCUT2D eigenvalue weighted by atomic mass is 16.5. The summed E-state index contributed by atoms with van der Waals surface area (Å²) in [6.07, 6.45) is 5.03. The Bertz CT molecular complexity index is 986. The molecule has 2 aromatic rings. The lowest BCUT2D eigenvalue weighted by atomic mass is 9.77. The van der Waals surface area contributed by atoms with Crippen LogP contribution in [0.2, 0.25) is 0 Å². The Morgan fingerprint density at radius 3 is 2.59 bits per heavy atom. The third-order valence-corrected chi connectivity index (χ3v) is 6.94. The van der Waals surface area contributed by atoms with Crippen molar-refractivity contribution < 1.29 is 14.3 Å². The number of nitrogens with zero attached hydrogens (tertiary/aromatic N) is 2. The topological polar surface area (TPSA) is 49.9 Å². The van der Waals surface area contributed by atoms with Crippen molar-refractivity contribution in [1.82, 2.24) is 4.90 Å². The Labute approximate surface area is 191 Å². The molecule has 5 nitrogen and oxygen atoms in total. The molecule has 1 aliphatic carbocycles. The van der Waals surface area contributed by atoms with E-state index in [1.807, 2.05) is 12.1 Å². The number of unbranched alkanes of at least 4 members (excludes halogenated alkanes) is 1. The van der Waals surface area contributed by atoms with Crippen LogP contribution in [0.3, 0.4) is 0 Å². The van der Waals surface area contributed by atoms with Crippen molar-refractivity contribution in [2.45, 2.75) is 52.0 Å². The molecular formula is C27H34N2O3. The predicted molar refractivity (Wildman–Crippen MR) is 127 cm³/mol. The summed E-state index contributed by atoms with van der Waals surface area (Å²) in [4.78, 5) is 30.2. The van der Waals surface area contributed by atoms with Gasteiger partial charge in [-0.25, -0.2) is 0 Å². The fraction of sp³-hybridized carbons (Fsp3) is 0.481. The monoisotopic (exact) mass is 434 g/mol. The maximum absolute atomic E-state index is 13.8.